The third kappa shape index (κ3) is 3.43. The Morgan fingerprint density at radius 1 is 0.833 bits per heavy atom. The van der Waals surface area contributed by atoms with E-state index >= 15 is 0 Å². The molecule has 0 saturated heterocycles. The highest BCUT2D eigenvalue weighted by Gasteiger charge is 2.36. The molecule has 30 heavy (non-hydrogen) atoms. The van der Waals surface area contributed by atoms with Crippen LogP contribution in [0.15, 0.2) is 12.1 Å². The maximum absolute atomic E-state index is 11.5. The number of rotatable bonds is 5. The second-order valence-corrected chi connectivity index (χ2v) is 8.46. The molecular formula is C24H32O6. The fourth-order valence-corrected chi connectivity index (χ4v) is 4.32. The van der Waals surface area contributed by atoms with Gasteiger partial charge in [0.15, 0.2) is 11.5 Å². The second-order valence-electron chi connectivity index (χ2n) is 8.46. The van der Waals surface area contributed by atoms with Crippen LogP contribution in [-0.4, -0.2) is 40.7 Å². The molecule has 0 saturated carbocycles. The first-order valence-electron chi connectivity index (χ1n) is 10.0. The van der Waals surface area contributed by atoms with Crippen molar-refractivity contribution in [2.75, 3.05) is 35.5 Å². The summed E-state index contributed by atoms with van der Waals surface area (Å²) < 4.78 is 28.6. The average molecular weight is 417 g/mol. The van der Waals surface area contributed by atoms with Gasteiger partial charge in [0.1, 0.15) is 11.5 Å². The number of phenolic OH excluding ortho intramolecular Hbond substituents is 1. The van der Waals surface area contributed by atoms with Crippen LogP contribution in [0.25, 0.3) is 11.1 Å². The molecule has 2 aromatic rings. The number of hydrogen-bond donors (Lipinski definition) is 1. The quantitative estimate of drug-likeness (QED) is 0.738. The van der Waals surface area contributed by atoms with Gasteiger partial charge in [-0.2, -0.15) is 0 Å². The molecule has 0 amide bonds. The number of phenols is 1. The zero-order valence-electron chi connectivity index (χ0n) is 19.1. The van der Waals surface area contributed by atoms with Crippen molar-refractivity contribution in [3.05, 3.63) is 28.8 Å². The van der Waals surface area contributed by atoms with Crippen LogP contribution < -0.4 is 18.9 Å². The van der Waals surface area contributed by atoms with Crippen molar-refractivity contribution in [2.45, 2.75) is 45.1 Å². The molecule has 1 aliphatic carbocycles. The predicted octanol–water partition coefficient (Wildman–Crippen LogP) is 5.02. The lowest BCUT2D eigenvalue weighted by Crippen LogP contribution is -2.14. The smallest absolute Gasteiger partial charge is 0.203 e. The molecule has 3 rings (SSSR count). The lowest BCUT2D eigenvalue weighted by atomic mass is 9.81. The van der Waals surface area contributed by atoms with E-state index in [-0.39, 0.29) is 17.3 Å². The number of aromatic hydroxyl groups is 1. The van der Waals surface area contributed by atoms with E-state index in [0.29, 0.717) is 35.0 Å². The fourth-order valence-electron chi connectivity index (χ4n) is 4.32. The minimum absolute atomic E-state index is 0.203. The lowest BCUT2D eigenvalue weighted by molar-refractivity contribution is 0.0945. The molecular weight excluding hydrogens is 384 g/mol. The van der Waals surface area contributed by atoms with Crippen molar-refractivity contribution < 1.29 is 28.8 Å². The molecule has 164 valence electrons. The zero-order chi connectivity index (χ0) is 22.2. The van der Waals surface area contributed by atoms with E-state index < -0.39 is 0 Å². The minimum atomic E-state index is -0.300. The van der Waals surface area contributed by atoms with Gasteiger partial charge < -0.3 is 28.8 Å². The molecule has 1 atom stereocenters. The van der Waals surface area contributed by atoms with E-state index in [4.69, 9.17) is 23.7 Å². The van der Waals surface area contributed by atoms with Gasteiger partial charge in [-0.1, -0.05) is 20.8 Å². The van der Waals surface area contributed by atoms with Crippen LogP contribution in [0.2, 0.25) is 0 Å². The molecule has 0 aromatic heterocycles. The van der Waals surface area contributed by atoms with E-state index in [0.717, 1.165) is 28.7 Å². The Balaban J connectivity index is 2.54. The van der Waals surface area contributed by atoms with Gasteiger partial charge in [0, 0.05) is 29.4 Å². The third-order valence-corrected chi connectivity index (χ3v) is 5.77. The summed E-state index contributed by atoms with van der Waals surface area (Å²) >= 11 is 0. The monoisotopic (exact) mass is 416 g/mol. The fraction of sp³-hybridized carbons (Fsp3) is 0.500. The molecule has 0 fully saturated rings. The van der Waals surface area contributed by atoms with E-state index in [1.807, 2.05) is 12.1 Å². The Kier molecular flexibility index (Phi) is 6.09. The summed E-state index contributed by atoms with van der Waals surface area (Å²) in [7, 11) is 8.09. The zero-order valence-corrected chi connectivity index (χ0v) is 19.1. The van der Waals surface area contributed by atoms with Gasteiger partial charge in [0.05, 0.1) is 34.5 Å². The molecule has 0 aliphatic heterocycles. The van der Waals surface area contributed by atoms with Crippen LogP contribution in [0.3, 0.4) is 0 Å². The third-order valence-electron chi connectivity index (χ3n) is 5.77. The molecule has 6 nitrogen and oxygen atoms in total. The molecule has 1 aliphatic rings. The van der Waals surface area contributed by atoms with Crippen molar-refractivity contribution in [1.29, 1.82) is 0 Å². The van der Waals surface area contributed by atoms with Gasteiger partial charge >= 0.3 is 0 Å². The van der Waals surface area contributed by atoms with Crippen LogP contribution >= 0.6 is 0 Å². The number of hydrogen-bond acceptors (Lipinski definition) is 6. The number of methoxy groups -OCH3 is 5. The first kappa shape index (κ1) is 22.1. The SMILES string of the molecule is COc1cc2c(c(OC)c1OC)-c1c(O)c(C(C)(C)C)cc(OC)c1C(OC)CC2. The standard InChI is InChI=1S/C24H32O6/c1-24(2,3)14-12-16(27-5)19-15(26-4)10-9-13-11-17(28-6)22(29-7)23(30-8)18(13)20(19)21(14)25/h11-12,15,25H,9-10H2,1-8H3. The van der Waals surface area contributed by atoms with Gasteiger partial charge in [-0.05, 0) is 36.0 Å². The summed E-state index contributed by atoms with van der Waals surface area (Å²) in [6.07, 6.45) is 1.19. The molecule has 1 unspecified atom stereocenters. The molecule has 0 radical (unpaired) electrons. The summed E-state index contributed by atoms with van der Waals surface area (Å²) in [5.41, 5.74) is 3.75. The Morgan fingerprint density at radius 3 is 1.97 bits per heavy atom. The number of fused-ring (bicyclic) bond motifs is 3. The largest absolute Gasteiger partial charge is 0.507 e. The van der Waals surface area contributed by atoms with Crippen molar-refractivity contribution in [1.82, 2.24) is 0 Å². The molecule has 0 spiro atoms. The van der Waals surface area contributed by atoms with Gasteiger partial charge in [-0.15, -0.1) is 0 Å². The van der Waals surface area contributed by atoms with E-state index in [9.17, 15) is 5.11 Å². The highest BCUT2D eigenvalue weighted by molar-refractivity contribution is 5.88. The van der Waals surface area contributed by atoms with Gasteiger partial charge in [0.2, 0.25) is 5.75 Å². The Morgan fingerprint density at radius 2 is 1.47 bits per heavy atom. The van der Waals surface area contributed by atoms with Crippen LogP contribution in [0.4, 0.5) is 0 Å². The Hall–Kier alpha value is -2.60. The number of benzene rings is 2. The normalized spacial score (nSPS) is 15.7. The van der Waals surface area contributed by atoms with Gasteiger partial charge in [-0.3, -0.25) is 0 Å². The van der Waals surface area contributed by atoms with E-state index in [1.54, 1.807) is 35.5 Å². The van der Waals surface area contributed by atoms with Gasteiger partial charge in [0.25, 0.3) is 0 Å². The highest BCUT2D eigenvalue weighted by Crippen LogP contribution is 2.56. The second kappa shape index (κ2) is 8.26. The van der Waals surface area contributed by atoms with Crippen molar-refractivity contribution in [3.8, 4) is 39.9 Å². The maximum atomic E-state index is 11.5. The topological polar surface area (TPSA) is 66.4 Å². The van der Waals surface area contributed by atoms with Crippen molar-refractivity contribution in [2.24, 2.45) is 0 Å². The van der Waals surface area contributed by atoms with Crippen molar-refractivity contribution in [3.63, 3.8) is 0 Å². The van der Waals surface area contributed by atoms with Crippen LogP contribution in [0.5, 0.6) is 28.7 Å². The van der Waals surface area contributed by atoms with Crippen LogP contribution in [0, 0.1) is 0 Å². The molecule has 6 heteroatoms. The molecule has 0 heterocycles. The van der Waals surface area contributed by atoms with E-state index in [1.165, 1.54) is 0 Å². The summed E-state index contributed by atoms with van der Waals surface area (Å²) in [5.74, 6) is 2.48. The van der Waals surface area contributed by atoms with Gasteiger partial charge in [-0.25, -0.2) is 0 Å². The molecule has 0 bridgehead atoms. The molecule has 2 aromatic carbocycles. The first-order chi connectivity index (χ1) is 14.2. The minimum Gasteiger partial charge on any atom is -0.507 e. The molecule has 1 N–H and O–H groups in total. The summed E-state index contributed by atoms with van der Waals surface area (Å²) in [5, 5.41) is 11.5. The summed E-state index contributed by atoms with van der Waals surface area (Å²) in [6, 6.07) is 3.87. The highest BCUT2D eigenvalue weighted by atomic mass is 16.5. The number of aryl methyl sites for hydroxylation is 1. The maximum Gasteiger partial charge on any atom is 0.203 e. The first-order valence-corrected chi connectivity index (χ1v) is 10.0. The lowest BCUT2D eigenvalue weighted by Gasteiger charge is -2.28. The van der Waals surface area contributed by atoms with E-state index in [2.05, 4.69) is 20.8 Å². The van der Waals surface area contributed by atoms with Crippen molar-refractivity contribution >= 4 is 0 Å². The summed E-state index contributed by atoms with van der Waals surface area (Å²) in [6.45, 7) is 6.18. The predicted molar refractivity (Wildman–Crippen MR) is 117 cm³/mol. The van der Waals surface area contributed by atoms with Crippen LogP contribution in [0.1, 0.15) is 50.0 Å². The Labute approximate surface area is 178 Å². The number of ether oxygens (including phenoxy) is 5. The van der Waals surface area contributed by atoms with Crippen LogP contribution in [-0.2, 0) is 16.6 Å². The average Bonchev–Trinajstić information content (AvgIpc) is 2.88. The summed E-state index contributed by atoms with van der Waals surface area (Å²) in [4.78, 5) is 0. The Bertz CT molecular complexity index is 942.